The Morgan fingerprint density at radius 2 is 1.96 bits per heavy atom. The zero-order valence-corrected chi connectivity index (χ0v) is 15.8. The third-order valence-electron chi connectivity index (χ3n) is 4.11. The van der Waals surface area contributed by atoms with Crippen molar-refractivity contribution in [2.75, 3.05) is 6.54 Å². The van der Waals surface area contributed by atoms with Crippen LogP contribution in [0.1, 0.15) is 44.0 Å². The molecule has 24 heavy (non-hydrogen) atoms. The molecule has 1 atom stereocenters. The van der Waals surface area contributed by atoms with Gasteiger partial charge in [0, 0.05) is 18.7 Å². The average molecular weight is 350 g/mol. The molecule has 1 heterocycles. The maximum atomic E-state index is 9.57. The van der Waals surface area contributed by atoms with Crippen LogP contribution in [0.15, 0.2) is 30.3 Å². The van der Waals surface area contributed by atoms with Crippen LogP contribution in [0.4, 0.5) is 0 Å². The van der Waals surface area contributed by atoms with Gasteiger partial charge in [0.1, 0.15) is 5.15 Å². The summed E-state index contributed by atoms with van der Waals surface area (Å²) in [5.41, 5.74) is 3.21. The van der Waals surface area contributed by atoms with E-state index in [0.29, 0.717) is 18.2 Å². The van der Waals surface area contributed by atoms with Crippen LogP contribution < -0.4 is 5.32 Å². The maximum Gasteiger partial charge on any atom is 0.132 e. The molecule has 5 heteroatoms. The summed E-state index contributed by atoms with van der Waals surface area (Å²) in [5, 5.41) is 18.3. The van der Waals surface area contributed by atoms with Gasteiger partial charge in [0.25, 0.3) is 0 Å². The molecule has 0 saturated heterocycles. The highest BCUT2D eigenvalue weighted by molar-refractivity contribution is 6.30. The van der Waals surface area contributed by atoms with Crippen molar-refractivity contribution in [2.24, 2.45) is 5.41 Å². The van der Waals surface area contributed by atoms with Crippen molar-refractivity contribution in [2.45, 2.75) is 53.3 Å². The zero-order chi connectivity index (χ0) is 17.7. The van der Waals surface area contributed by atoms with Crippen molar-refractivity contribution in [1.29, 1.82) is 0 Å². The Morgan fingerprint density at radius 3 is 2.58 bits per heavy atom. The molecule has 0 bridgehead atoms. The second kappa shape index (κ2) is 8.15. The fourth-order valence-electron chi connectivity index (χ4n) is 3.05. The van der Waals surface area contributed by atoms with E-state index in [9.17, 15) is 5.11 Å². The summed E-state index contributed by atoms with van der Waals surface area (Å²) in [6.07, 6.45) is 0.473. The average Bonchev–Trinajstić information content (AvgIpc) is 2.74. The van der Waals surface area contributed by atoms with Crippen molar-refractivity contribution < 1.29 is 5.11 Å². The van der Waals surface area contributed by atoms with Crippen molar-refractivity contribution >= 4 is 11.6 Å². The second-order valence-electron chi connectivity index (χ2n) is 7.32. The predicted molar refractivity (Wildman–Crippen MR) is 99.3 cm³/mol. The summed E-state index contributed by atoms with van der Waals surface area (Å²) in [6, 6.07) is 10.2. The van der Waals surface area contributed by atoms with Gasteiger partial charge in [-0.25, -0.2) is 4.68 Å². The smallest absolute Gasteiger partial charge is 0.132 e. The first-order valence-electron chi connectivity index (χ1n) is 8.43. The lowest BCUT2D eigenvalue weighted by Gasteiger charge is -2.26. The van der Waals surface area contributed by atoms with Gasteiger partial charge in [-0.2, -0.15) is 5.10 Å². The number of halogens is 1. The molecule has 1 unspecified atom stereocenters. The lowest BCUT2D eigenvalue weighted by molar-refractivity contribution is 0.128. The first kappa shape index (κ1) is 19.0. The molecule has 4 nitrogen and oxygen atoms in total. The van der Waals surface area contributed by atoms with Crippen LogP contribution in [-0.4, -0.2) is 27.5 Å². The highest BCUT2D eigenvalue weighted by Crippen LogP contribution is 2.23. The minimum atomic E-state index is -0.291. The van der Waals surface area contributed by atoms with Crippen LogP contribution in [-0.2, 0) is 13.1 Å². The van der Waals surface area contributed by atoms with E-state index >= 15 is 0 Å². The van der Waals surface area contributed by atoms with E-state index in [1.807, 2.05) is 36.7 Å². The normalized spacial score (nSPS) is 13.2. The minimum absolute atomic E-state index is 0.0363. The number of nitrogens with one attached hydrogen (secondary N) is 1. The Balaban J connectivity index is 1.99. The second-order valence-corrected chi connectivity index (χ2v) is 7.68. The Labute approximate surface area is 149 Å². The van der Waals surface area contributed by atoms with Gasteiger partial charge in [-0.15, -0.1) is 0 Å². The lowest BCUT2D eigenvalue weighted by Crippen LogP contribution is -2.31. The molecule has 1 aromatic carbocycles. The standard InChI is InChI=1S/C19H28ClN3O/c1-14(24)10-19(3,4)13-21-11-17-15(2)22-23(18(17)20)12-16-8-6-5-7-9-16/h5-9,14,21,24H,10-13H2,1-4H3. The Morgan fingerprint density at radius 1 is 1.29 bits per heavy atom. The molecule has 0 aliphatic heterocycles. The first-order chi connectivity index (χ1) is 11.3. The molecule has 0 radical (unpaired) electrons. The number of aliphatic hydroxyl groups is 1. The molecule has 2 N–H and O–H groups in total. The number of hydrogen-bond acceptors (Lipinski definition) is 3. The van der Waals surface area contributed by atoms with Gasteiger partial charge in [0.15, 0.2) is 0 Å². The summed E-state index contributed by atoms with van der Waals surface area (Å²) in [5.74, 6) is 0. The number of benzene rings is 1. The number of aromatic nitrogens is 2. The number of aliphatic hydroxyl groups excluding tert-OH is 1. The highest BCUT2D eigenvalue weighted by atomic mass is 35.5. The monoisotopic (exact) mass is 349 g/mol. The van der Waals surface area contributed by atoms with Crippen LogP contribution in [0.25, 0.3) is 0 Å². The molecule has 0 fully saturated rings. The molecule has 0 saturated carbocycles. The summed E-state index contributed by atoms with van der Waals surface area (Å²) in [6.45, 7) is 10.3. The first-order valence-corrected chi connectivity index (χ1v) is 8.81. The van der Waals surface area contributed by atoms with Crippen LogP contribution in [0.2, 0.25) is 5.15 Å². The molecular weight excluding hydrogens is 322 g/mol. The molecule has 0 aliphatic rings. The van der Waals surface area contributed by atoms with Crippen LogP contribution in [0.3, 0.4) is 0 Å². The summed E-state index contributed by atoms with van der Waals surface area (Å²) >= 11 is 6.53. The van der Waals surface area contributed by atoms with Crippen molar-refractivity contribution in [3.8, 4) is 0 Å². The van der Waals surface area contributed by atoms with E-state index < -0.39 is 0 Å². The number of aryl methyl sites for hydroxylation is 1. The lowest BCUT2D eigenvalue weighted by atomic mass is 9.87. The fraction of sp³-hybridized carbons (Fsp3) is 0.526. The van der Waals surface area contributed by atoms with Gasteiger partial charge in [-0.3, -0.25) is 0 Å². The third-order valence-corrected chi connectivity index (χ3v) is 4.53. The van der Waals surface area contributed by atoms with Crippen LogP contribution >= 0.6 is 11.6 Å². The maximum absolute atomic E-state index is 9.57. The van der Waals surface area contributed by atoms with Gasteiger partial charge < -0.3 is 10.4 Å². The molecule has 1 aromatic heterocycles. The van der Waals surface area contributed by atoms with E-state index in [4.69, 9.17) is 11.6 Å². The SMILES string of the molecule is Cc1nn(Cc2ccccc2)c(Cl)c1CNCC(C)(C)CC(C)O. The molecule has 2 aromatic rings. The van der Waals surface area contributed by atoms with E-state index in [1.54, 1.807) is 0 Å². The summed E-state index contributed by atoms with van der Waals surface area (Å²) in [4.78, 5) is 0. The molecule has 132 valence electrons. The molecule has 2 rings (SSSR count). The Hall–Kier alpha value is -1.36. The summed E-state index contributed by atoms with van der Waals surface area (Å²) < 4.78 is 1.85. The molecular formula is C19H28ClN3O. The van der Waals surface area contributed by atoms with E-state index in [-0.39, 0.29) is 11.5 Å². The quantitative estimate of drug-likeness (QED) is 0.762. The van der Waals surface area contributed by atoms with Crippen molar-refractivity contribution in [3.05, 3.63) is 52.3 Å². The van der Waals surface area contributed by atoms with Gasteiger partial charge in [0.2, 0.25) is 0 Å². The van der Waals surface area contributed by atoms with Gasteiger partial charge >= 0.3 is 0 Å². The fourth-order valence-corrected chi connectivity index (χ4v) is 3.35. The molecule has 0 spiro atoms. The Bertz CT molecular complexity index is 650. The van der Waals surface area contributed by atoms with Gasteiger partial charge in [-0.1, -0.05) is 55.8 Å². The van der Waals surface area contributed by atoms with E-state index in [0.717, 1.165) is 24.2 Å². The summed E-state index contributed by atoms with van der Waals surface area (Å²) in [7, 11) is 0. The minimum Gasteiger partial charge on any atom is -0.393 e. The predicted octanol–water partition coefficient (Wildman–Crippen LogP) is 3.78. The van der Waals surface area contributed by atoms with Gasteiger partial charge in [-0.05, 0) is 31.2 Å². The molecule has 0 aliphatic carbocycles. The Kier molecular flexibility index (Phi) is 6.44. The van der Waals surface area contributed by atoms with Crippen molar-refractivity contribution in [1.82, 2.24) is 15.1 Å². The third kappa shape index (κ3) is 5.33. The van der Waals surface area contributed by atoms with E-state index in [2.05, 4.69) is 36.4 Å². The van der Waals surface area contributed by atoms with E-state index in [1.165, 1.54) is 5.56 Å². The number of nitrogens with zero attached hydrogens (tertiary/aromatic N) is 2. The van der Waals surface area contributed by atoms with Crippen molar-refractivity contribution in [3.63, 3.8) is 0 Å². The van der Waals surface area contributed by atoms with Crippen LogP contribution in [0, 0.1) is 12.3 Å². The molecule has 0 amide bonds. The number of hydrogen-bond donors (Lipinski definition) is 2. The van der Waals surface area contributed by atoms with Gasteiger partial charge in [0.05, 0.1) is 18.3 Å². The highest BCUT2D eigenvalue weighted by Gasteiger charge is 2.21. The largest absolute Gasteiger partial charge is 0.393 e. The zero-order valence-electron chi connectivity index (χ0n) is 15.0. The topological polar surface area (TPSA) is 50.1 Å². The van der Waals surface area contributed by atoms with Crippen LogP contribution in [0.5, 0.6) is 0 Å². The number of rotatable bonds is 8.